The first-order valence-corrected chi connectivity index (χ1v) is 6.24. The summed E-state index contributed by atoms with van der Waals surface area (Å²) in [5.74, 6) is 6.38. The van der Waals surface area contributed by atoms with Crippen molar-refractivity contribution in [2.45, 2.75) is 0 Å². The predicted octanol–water partition coefficient (Wildman–Crippen LogP) is 3.99. The van der Waals surface area contributed by atoms with Gasteiger partial charge in [-0.15, -0.1) is 0 Å². The van der Waals surface area contributed by atoms with Gasteiger partial charge in [0.25, 0.3) is 5.89 Å². The van der Waals surface area contributed by atoms with E-state index in [4.69, 9.17) is 4.42 Å². The molecule has 1 aromatic heterocycles. The lowest BCUT2D eigenvalue weighted by atomic mass is 10.2. The molecule has 0 spiro atoms. The molecule has 0 saturated carbocycles. The molecular weight excluding hydrogens is 290 g/mol. The minimum atomic E-state index is 0.437. The molecule has 0 aliphatic heterocycles. The monoisotopic (exact) mass is 297 g/mol. The Bertz CT molecular complexity index is 750. The van der Waals surface area contributed by atoms with E-state index in [2.05, 4.69) is 32.8 Å². The van der Waals surface area contributed by atoms with Crippen molar-refractivity contribution in [1.82, 2.24) is 4.98 Å². The topological polar surface area (TPSA) is 26.0 Å². The summed E-state index contributed by atoms with van der Waals surface area (Å²) in [5, 5.41) is 0. The number of halogens is 1. The molecule has 3 rings (SSSR count). The zero-order chi connectivity index (χ0) is 12.4. The highest BCUT2D eigenvalue weighted by Gasteiger charge is 2.03. The largest absolute Gasteiger partial charge is 0.430 e. The molecule has 3 aromatic rings. The number of fused-ring (bicyclic) bond motifs is 1. The fraction of sp³-hybridized carbons (Fsp3) is 0. The van der Waals surface area contributed by atoms with Crippen LogP contribution in [0.4, 0.5) is 0 Å². The van der Waals surface area contributed by atoms with Crippen LogP contribution in [-0.2, 0) is 0 Å². The second-order valence-corrected chi connectivity index (χ2v) is 4.66. The van der Waals surface area contributed by atoms with Gasteiger partial charge in [-0.25, -0.2) is 4.98 Å². The fourth-order valence-electron chi connectivity index (χ4n) is 1.60. The third kappa shape index (κ3) is 2.29. The summed E-state index contributed by atoms with van der Waals surface area (Å²) >= 11 is 3.40. The Labute approximate surface area is 113 Å². The van der Waals surface area contributed by atoms with Gasteiger partial charge < -0.3 is 4.42 Å². The molecule has 1 heterocycles. The first-order valence-electron chi connectivity index (χ1n) is 5.44. The van der Waals surface area contributed by atoms with Crippen LogP contribution in [0.15, 0.2) is 57.4 Å². The summed E-state index contributed by atoms with van der Waals surface area (Å²) in [6.07, 6.45) is 0. The van der Waals surface area contributed by atoms with Gasteiger partial charge in [0.05, 0.1) is 0 Å². The molecule has 0 bridgehead atoms. The number of hydrogen-bond acceptors (Lipinski definition) is 2. The molecular formula is C15H8BrNO. The molecule has 18 heavy (non-hydrogen) atoms. The Morgan fingerprint density at radius 2 is 1.83 bits per heavy atom. The number of oxazole rings is 1. The Balaban J connectivity index is 1.99. The van der Waals surface area contributed by atoms with E-state index >= 15 is 0 Å². The lowest BCUT2D eigenvalue weighted by Gasteiger charge is -1.85. The molecule has 0 radical (unpaired) electrons. The van der Waals surface area contributed by atoms with Gasteiger partial charge in [0.2, 0.25) is 0 Å². The van der Waals surface area contributed by atoms with Crippen molar-refractivity contribution in [3.63, 3.8) is 0 Å². The Morgan fingerprint density at radius 1 is 1.00 bits per heavy atom. The highest BCUT2D eigenvalue weighted by atomic mass is 79.9. The van der Waals surface area contributed by atoms with Crippen molar-refractivity contribution in [1.29, 1.82) is 0 Å². The number of hydrogen-bond donors (Lipinski definition) is 0. The van der Waals surface area contributed by atoms with Gasteiger partial charge in [0.15, 0.2) is 5.58 Å². The molecule has 2 nitrogen and oxygen atoms in total. The average Bonchev–Trinajstić information content (AvgIpc) is 2.79. The van der Waals surface area contributed by atoms with Crippen LogP contribution in [0.2, 0.25) is 0 Å². The predicted molar refractivity (Wildman–Crippen MR) is 74.1 cm³/mol. The number of nitrogens with zero attached hydrogens (tertiary/aromatic N) is 1. The zero-order valence-electron chi connectivity index (χ0n) is 9.35. The minimum Gasteiger partial charge on any atom is -0.430 e. The Hall–Kier alpha value is -2.05. The second kappa shape index (κ2) is 4.67. The number of aromatic nitrogens is 1. The highest BCUT2D eigenvalue weighted by molar-refractivity contribution is 9.10. The van der Waals surface area contributed by atoms with Gasteiger partial charge in [-0.2, -0.15) is 0 Å². The summed E-state index contributed by atoms with van der Waals surface area (Å²) in [7, 11) is 0. The first kappa shape index (κ1) is 11.1. The maximum Gasteiger partial charge on any atom is 0.274 e. The number of rotatable bonds is 0. The molecule has 0 saturated heterocycles. The molecule has 0 aliphatic rings. The maximum atomic E-state index is 5.54. The van der Waals surface area contributed by atoms with E-state index in [9.17, 15) is 0 Å². The van der Waals surface area contributed by atoms with Crippen molar-refractivity contribution in [3.8, 4) is 11.8 Å². The summed E-state index contributed by atoms with van der Waals surface area (Å²) in [6.45, 7) is 0. The highest BCUT2D eigenvalue weighted by Crippen LogP contribution is 2.19. The van der Waals surface area contributed by atoms with Crippen molar-refractivity contribution < 1.29 is 4.42 Å². The summed E-state index contributed by atoms with van der Waals surface area (Å²) < 4.78 is 6.52. The van der Waals surface area contributed by atoms with E-state index in [1.54, 1.807) is 0 Å². The quantitative estimate of drug-likeness (QED) is 0.586. The molecule has 0 amide bonds. The third-order valence-corrected chi connectivity index (χ3v) is 2.93. The van der Waals surface area contributed by atoms with Crippen LogP contribution in [0.3, 0.4) is 0 Å². The van der Waals surface area contributed by atoms with Gasteiger partial charge >= 0.3 is 0 Å². The van der Waals surface area contributed by atoms with E-state index in [0.717, 1.165) is 21.1 Å². The van der Waals surface area contributed by atoms with Crippen molar-refractivity contribution in [3.05, 3.63) is 64.5 Å². The minimum absolute atomic E-state index is 0.437. The van der Waals surface area contributed by atoms with E-state index in [-0.39, 0.29) is 0 Å². The molecule has 0 fully saturated rings. The third-order valence-electron chi connectivity index (χ3n) is 2.44. The standard InChI is InChI=1S/C15H8BrNO/c16-12-7-8-14-13(10-12)17-15(18-14)9-6-11-4-2-1-3-5-11/h1-5,7-8,10H. The molecule has 0 atom stereocenters. The molecule has 86 valence electrons. The van der Waals surface area contributed by atoms with Crippen LogP contribution in [-0.4, -0.2) is 4.98 Å². The van der Waals surface area contributed by atoms with Crippen LogP contribution in [0.25, 0.3) is 11.1 Å². The van der Waals surface area contributed by atoms with Crippen molar-refractivity contribution >= 4 is 27.0 Å². The van der Waals surface area contributed by atoms with E-state index in [1.807, 2.05) is 48.5 Å². The maximum absolute atomic E-state index is 5.54. The molecule has 0 N–H and O–H groups in total. The average molecular weight is 298 g/mol. The van der Waals surface area contributed by atoms with Crippen LogP contribution < -0.4 is 0 Å². The zero-order valence-corrected chi connectivity index (χ0v) is 10.9. The van der Waals surface area contributed by atoms with Gasteiger partial charge in [-0.3, -0.25) is 0 Å². The van der Waals surface area contributed by atoms with Gasteiger partial charge in [0.1, 0.15) is 5.52 Å². The first-order chi connectivity index (χ1) is 8.81. The van der Waals surface area contributed by atoms with Crippen LogP contribution >= 0.6 is 15.9 Å². The molecule has 3 heteroatoms. The van der Waals surface area contributed by atoms with Crippen LogP contribution in [0, 0.1) is 11.8 Å². The molecule has 0 unspecified atom stereocenters. The van der Waals surface area contributed by atoms with Crippen molar-refractivity contribution in [2.24, 2.45) is 0 Å². The number of benzene rings is 2. The smallest absolute Gasteiger partial charge is 0.274 e. The fourth-order valence-corrected chi connectivity index (χ4v) is 1.95. The second-order valence-electron chi connectivity index (χ2n) is 3.75. The lowest BCUT2D eigenvalue weighted by Crippen LogP contribution is -1.74. The van der Waals surface area contributed by atoms with E-state index in [0.29, 0.717) is 5.89 Å². The summed E-state index contributed by atoms with van der Waals surface area (Å²) in [4.78, 5) is 4.32. The summed E-state index contributed by atoms with van der Waals surface area (Å²) in [5.41, 5.74) is 2.50. The van der Waals surface area contributed by atoms with E-state index in [1.165, 1.54) is 0 Å². The van der Waals surface area contributed by atoms with Gasteiger partial charge in [-0.1, -0.05) is 40.0 Å². The molecule has 2 aromatic carbocycles. The lowest BCUT2D eigenvalue weighted by molar-refractivity contribution is 0.586. The summed E-state index contributed by atoms with van der Waals surface area (Å²) in [6, 6.07) is 15.5. The Kier molecular flexibility index (Phi) is 2.87. The van der Waals surface area contributed by atoms with E-state index < -0.39 is 0 Å². The molecule has 0 aliphatic carbocycles. The van der Waals surface area contributed by atoms with Crippen molar-refractivity contribution in [2.75, 3.05) is 0 Å². The van der Waals surface area contributed by atoms with Crippen LogP contribution in [0.1, 0.15) is 11.5 Å². The SMILES string of the molecule is Brc1ccc2oc(C#Cc3ccccc3)nc2c1. The normalized spacial score (nSPS) is 10.1. The van der Waals surface area contributed by atoms with Gasteiger partial charge in [0, 0.05) is 10.0 Å². The Morgan fingerprint density at radius 3 is 2.67 bits per heavy atom. The van der Waals surface area contributed by atoms with Gasteiger partial charge in [-0.05, 0) is 36.3 Å². The van der Waals surface area contributed by atoms with Crippen LogP contribution in [0.5, 0.6) is 0 Å².